The van der Waals surface area contributed by atoms with Gasteiger partial charge in [0.1, 0.15) is 0 Å². The van der Waals surface area contributed by atoms with Gasteiger partial charge in [-0.1, -0.05) is 165 Å². The third-order valence-corrected chi connectivity index (χ3v) is 10.9. The molecule has 53 heavy (non-hydrogen) atoms. The predicted molar refractivity (Wildman–Crippen MR) is 226 cm³/mol. The molecule has 9 aromatic rings. The molecule has 1 heterocycles. The average molecular weight is 680 g/mol. The molecule has 0 radical (unpaired) electrons. The van der Waals surface area contributed by atoms with Crippen molar-refractivity contribution in [2.75, 3.05) is 0 Å². The lowest BCUT2D eigenvalue weighted by Gasteiger charge is -2.22. The van der Waals surface area contributed by atoms with Gasteiger partial charge in [-0.15, -0.1) is 0 Å². The van der Waals surface area contributed by atoms with Gasteiger partial charge in [-0.25, -0.2) is 0 Å². The molecular weight excluding hydrogens is 639 g/mol. The van der Waals surface area contributed by atoms with Crippen LogP contribution in [0.25, 0.3) is 72.0 Å². The Hall–Kier alpha value is -6.44. The molecule has 0 amide bonds. The van der Waals surface area contributed by atoms with Crippen molar-refractivity contribution in [3.8, 4) is 50.2 Å². The first-order valence-electron chi connectivity index (χ1n) is 18.7. The Labute approximate surface area is 312 Å². The largest absolute Gasteiger partial charge is 0.309 e. The SMILES string of the molecule is CCC(c1ccc(-c2ccccc2)cc1)c1ccccc1-c1cc(-c2ccc3c(c2)c2ccccc2n3-c2ccc(-c3ccccc3)cc2)ccc1C. The van der Waals surface area contributed by atoms with E-state index in [1.54, 1.807) is 0 Å². The predicted octanol–water partition coefficient (Wildman–Crippen LogP) is 14.3. The first-order chi connectivity index (χ1) is 26.2. The standard InChI is InChI=1S/C52H41N/c1-3-45(41-26-24-39(25-27-41)37-14-6-4-7-15-37)46-18-10-11-19-47(46)49-34-42(23-22-36(49)2)43-30-33-52-50(35-43)48-20-12-13-21-51(48)53(52)44-31-28-40(29-32-44)38-16-8-5-9-17-38/h4-35,45H,3H2,1-2H3. The highest BCUT2D eigenvalue weighted by Crippen LogP contribution is 2.40. The average Bonchev–Trinajstić information content (AvgIpc) is 3.56. The fourth-order valence-electron chi connectivity index (χ4n) is 8.18. The number of aryl methyl sites for hydroxylation is 1. The van der Waals surface area contributed by atoms with E-state index in [9.17, 15) is 0 Å². The molecule has 0 bridgehead atoms. The molecule has 1 heteroatoms. The monoisotopic (exact) mass is 679 g/mol. The molecule has 0 N–H and O–H groups in total. The third kappa shape index (κ3) is 6.05. The van der Waals surface area contributed by atoms with Crippen LogP contribution in [0.5, 0.6) is 0 Å². The van der Waals surface area contributed by atoms with E-state index in [1.165, 1.54) is 83.0 Å². The van der Waals surface area contributed by atoms with Crippen molar-refractivity contribution in [2.24, 2.45) is 0 Å². The van der Waals surface area contributed by atoms with Crippen LogP contribution in [-0.4, -0.2) is 4.57 Å². The molecule has 0 aliphatic carbocycles. The van der Waals surface area contributed by atoms with Gasteiger partial charge < -0.3 is 4.57 Å². The third-order valence-electron chi connectivity index (χ3n) is 10.9. The number of nitrogens with zero attached hydrogens (tertiary/aromatic N) is 1. The van der Waals surface area contributed by atoms with E-state index in [0.717, 1.165) is 12.1 Å². The summed E-state index contributed by atoms with van der Waals surface area (Å²) in [5, 5.41) is 2.52. The molecule has 0 aliphatic heterocycles. The quantitative estimate of drug-likeness (QED) is 0.151. The minimum atomic E-state index is 0.295. The van der Waals surface area contributed by atoms with E-state index in [0.29, 0.717) is 5.92 Å². The lowest BCUT2D eigenvalue weighted by molar-refractivity contribution is 0.779. The summed E-state index contributed by atoms with van der Waals surface area (Å²) >= 11 is 0. The van der Waals surface area contributed by atoms with Crippen LogP contribution in [0.4, 0.5) is 0 Å². The minimum Gasteiger partial charge on any atom is -0.309 e. The summed E-state index contributed by atoms with van der Waals surface area (Å²) in [5.74, 6) is 0.295. The minimum absolute atomic E-state index is 0.295. The summed E-state index contributed by atoms with van der Waals surface area (Å²) in [5.41, 5.74) is 17.6. The van der Waals surface area contributed by atoms with Gasteiger partial charge in [0.25, 0.3) is 0 Å². The van der Waals surface area contributed by atoms with E-state index >= 15 is 0 Å². The summed E-state index contributed by atoms with van der Waals surface area (Å²) in [6, 6.07) is 71.1. The molecule has 8 aromatic carbocycles. The van der Waals surface area contributed by atoms with E-state index in [4.69, 9.17) is 0 Å². The Morgan fingerprint density at radius 1 is 0.415 bits per heavy atom. The van der Waals surface area contributed by atoms with Gasteiger partial charge in [-0.2, -0.15) is 0 Å². The Balaban J connectivity index is 1.09. The fraction of sp³-hybridized carbons (Fsp3) is 0.0769. The van der Waals surface area contributed by atoms with Crippen LogP contribution >= 0.6 is 0 Å². The fourth-order valence-corrected chi connectivity index (χ4v) is 8.18. The molecule has 254 valence electrons. The summed E-state index contributed by atoms with van der Waals surface area (Å²) in [6.07, 6.45) is 1.02. The van der Waals surface area contributed by atoms with Crippen LogP contribution in [0.15, 0.2) is 194 Å². The molecule has 0 spiro atoms. The zero-order valence-electron chi connectivity index (χ0n) is 30.2. The maximum atomic E-state index is 2.40. The van der Waals surface area contributed by atoms with Crippen LogP contribution in [0.2, 0.25) is 0 Å². The van der Waals surface area contributed by atoms with Crippen LogP contribution < -0.4 is 0 Å². The van der Waals surface area contributed by atoms with E-state index in [-0.39, 0.29) is 0 Å². The highest BCUT2D eigenvalue weighted by atomic mass is 15.0. The first kappa shape index (κ1) is 32.5. The van der Waals surface area contributed by atoms with Gasteiger partial charge >= 0.3 is 0 Å². The second kappa shape index (κ2) is 13.9. The maximum absolute atomic E-state index is 2.40. The number of para-hydroxylation sites is 1. The van der Waals surface area contributed by atoms with Crippen molar-refractivity contribution in [2.45, 2.75) is 26.2 Å². The molecule has 1 unspecified atom stereocenters. The molecule has 0 aliphatic rings. The summed E-state index contributed by atoms with van der Waals surface area (Å²) in [7, 11) is 0. The number of aromatic nitrogens is 1. The van der Waals surface area contributed by atoms with Crippen molar-refractivity contribution in [1.29, 1.82) is 0 Å². The van der Waals surface area contributed by atoms with Crippen LogP contribution in [0, 0.1) is 6.92 Å². The zero-order chi connectivity index (χ0) is 35.7. The molecule has 0 saturated carbocycles. The lowest BCUT2D eigenvalue weighted by Crippen LogP contribution is -2.03. The summed E-state index contributed by atoms with van der Waals surface area (Å²) in [4.78, 5) is 0. The number of hydrogen-bond donors (Lipinski definition) is 0. The van der Waals surface area contributed by atoms with Gasteiger partial charge in [-0.3, -0.25) is 0 Å². The first-order valence-corrected chi connectivity index (χ1v) is 18.7. The number of hydrogen-bond acceptors (Lipinski definition) is 0. The van der Waals surface area contributed by atoms with Crippen molar-refractivity contribution >= 4 is 21.8 Å². The molecule has 1 atom stereocenters. The number of benzene rings is 8. The molecule has 1 nitrogen and oxygen atoms in total. The highest BCUT2D eigenvalue weighted by molar-refractivity contribution is 6.10. The van der Waals surface area contributed by atoms with Gasteiger partial charge in [0.05, 0.1) is 11.0 Å². The Morgan fingerprint density at radius 3 is 1.64 bits per heavy atom. The number of fused-ring (bicyclic) bond motifs is 3. The second-order valence-electron chi connectivity index (χ2n) is 14.1. The summed E-state index contributed by atoms with van der Waals surface area (Å²) < 4.78 is 2.40. The molecule has 0 fully saturated rings. The van der Waals surface area contributed by atoms with Crippen molar-refractivity contribution in [3.05, 3.63) is 211 Å². The van der Waals surface area contributed by atoms with Crippen LogP contribution in [0.1, 0.15) is 36.0 Å². The van der Waals surface area contributed by atoms with Gasteiger partial charge in [0, 0.05) is 22.4 Å². The van der Waals surface area contributed by atoms with Crippen LogP contribution in [-0.2, 0) is 0 Å². The molecule has 1 aromatic heterocycles. The topological polar surface area (TPSA) is 4.93 Å². The molecule has 9 rings (SSSR count). The Kier molecular flexibility index (Phi) is 8.54. The van der Waals surface area contributed by atoms with E-state index < -0.39 is 0 Å². The normalized spacial score (nSPS) is 12.0. The Bertz CT molecular complexity index is 2680. The summed E-state index contributed by atoms with van der Waals surface area (Å²) in [6.45, 7) is 4.55. The van der Waals surface area contributed by atoms with Crippen LogP contribution in [0.3, 0.4) is 0 Å². The van der Waals surface area contributed by atoms with Gasteiger partial charge in [-0.05, 0) is 111 Å². The molecular formula is C52H41N. The maximum Gasteiger partial charge on any atom is 0.0541 e. The smallest absolute Gasteiger partial charge is 0.0541 e. The number of rotatable bonds is 8. The molecule has 0 saturated heterocycles. The Morgan fingerprint density at radius 2 is 0.943 bits per heavy atom. The van der Waals surface area contributed by atoms with E-state index in [1.807, 2.05) is 0 Å². The van der Waals surface area contributed by atoms with Crippen molar-refractivity contribution in [1.82, 2.24) is 4.57 Å². The van der Waals surface area contributed by atoms with Crippen molar-refractivity contribution < 1.29 is 0 Å². The van der Waals surface area contributed by atoms with Crippen molar-refractivity contribution in [3.63, 3.8) is 0 Å². The second-order valence-corrected chi connectivity index (χ2v) is 14.1. The van der Waals surface area contributed by atoms with Gasteiger partial charge in [0.15, 0.2) is 0 Å². The lowest BCUT2D eigenvalue weighted by atomic mass is 9.82. The van der Waals surface area contributed by atoms with E-state index in [2.05, 4.69) is 213 Å². The highest BCUT2D eigenvalue weighted by Gasteiger charge is 2.19. The zero-order valence-corrected chi connectivity index (χ0v) is 30.2. The van der Waals surface area contributed by atoms with Gasteiger partial charge in [0.2, 0.25) is 0 Å².